The molecule has 0 spiro atoms. The van der Waals surface area contributed by atoms with Crippen LogP contribution in [0.3, 0.4) is 0 Å². The van der Waals surface area contributed by atoms with Gasteiger partial charge in [-0.25, -0.2) is 4.98 Å². The van der Waals surface area contributed by atoms with Crippen molar-refractivity contribution >= 4 is 5.82 Å². The van der Waals surface area contributed by atoms with Gasteiger partial charge in [0.15, 0.2) is 0 Å². The van der Waals surface area contributed by atoms with Gasteiger partial charge in [-0.1, -0.05) is 0 Å². The van der Waals surface area contributed by atoms with Crippen LogP contribution in [-0.2, 0) is 12.8 Å². The molecule has 0 atom stereocenters. The van der Waals surface area contributed by atoms with E-state index in [9.17, 15) is 0 Å². The first kappa shape index (κ1) is 6.58. The standard InChI is InChI=1S/C8H11N3/c9-8-5-10-6-3-1-2-4-7(6)11-8/h5H,1-4H2,(H2,9,11). The highest BCUT2D eigenvalue weighted by atomic mass is 14.9. The van der Waals surface area contributed by atoms with Gasteiger partial charge in [-0.15, -0.1) is 0 Å². The van der Waals surface area contributed by atoms with Gasteiger partial charge >= 0.3 is 0 Å². The van der Waals surface area contributed by atoms with Crippen molar-refractivity contribution in [3.8, 4) is 0 Å². The third kappa shape index (κ3) is 1.18. The molecule has 1 aliphatic rings. The molecule has 0 amide bonds. The van der Waals surface area contributed by atoms with E-state index >= 15 is 0 Å². The fourth-order valence-corrected chi connectivity index (χ4v) is 1.46. The van der Waals surface area contributed by atoms with Crippen LogP contribution in [0.15, 0.2) is 6.20 Å². The van der Waals surface area contributed by atoms with Gasteiger partial charge in [0.05, 0.1) is 17.6 Å². The summed E-state index contributed by atoms with van der Waals surface area (Å²) in [5.74, 6) is 0.547. The van der Waals surface area contributed by atoms with Crippen molar-refractivity contribution in [1.29, 1.82) is 0 Å². The van der Waals surface area contributed by atoms with Crippen LogP contribution in [0.1, 0.15) is 24.2 Å². The molecule has 0 fully saturated rings. The van der Waals surface area contributed by atoms with E-state index in [2.05, 4.69) is 9.97 Å². The lowest BCUT2D eigenvalue weighted by molar-refractivity contribution is 0.650. The minimum absolute atomic E-state index is 0.547. The summed E-state index contributed by atoms with van der Waals surface area (Å²) in [6.45, 7) is 0. The van der Waals surface area contributed by atoms with Gasteiger partial charge in [0.2, 0.25) is 0 Å². The topological polar surface area (TPSA) is 51.8 Å². The Balaban J connectivity index is 2.43. The van der Waals surface area contributed by atoms with Gasteiger partial charge in [-0.05, 0) is 25.7 Å². The summed E-state index contributed by atoms with van der Waals surface area (Å²) in [6, 6.07) is 0. The summed E-state index contributed by atoms with van der Waals surface area (Å²) < 4.78 is 0. The second-order valence-corrected chi connectivity index (χ2v) is 2.90. The number of anilines is 1. The highest BCUT2D eigenvalue weighted by Crippen LogP contribution is 2.17. The normalized spacial score (nSPS) is 16.0. The Morgan fingerprint density at radius 2 is 1.91 bits per heavy atom. The van der Waals surface area contributed by atoms with E-state index in [0.717, 1.165) is 24.2 Å². The SMILES string of the molecule is Nc1cnc2c(n1)CCCC2. The monoisotopic (exact) mass is 149 g/mol. The quantitative estimate of drug-likeness (QED) is 0.597. The van der Waals surface area contributed by atoms with Gasteiger partial charge in [0, 0.05) is 0 Å². The van der Waals surface area contributed by atoms with Crippen molar-refractivity contribution in [1.82, 2.24) is 9.97 Å². The molecular weight excluding hydrogens is 138 g/mol. The molecule has 3 nitrogen and oxygen atoms in total. The Labute approximate surface area is 65.7 Å². The molecule has 3 heteroatoms. The maximum Gasteiger partial charge on any atom is 0.142 e. The van der Waals surface area contributed by atoms with Crippen LogP contribution in [-0.4, -0.2) is 9.97 Å². The van der Waals surface area contributed by atoms with E-state index in [4.69, 9.17) is 5.73 Å². The average molecular weight is 149 g/mol. The summed E-state index contributed by atoms with van der Waals surface area (Å²) in [5, 5.41) is 0. The van der Waals surface area contributed by atoms with Gasteiger partial charge in [0.25, 0.3) is 0 Å². The molecule has 1 aromatic rings. The van der Waals surface area contributed by atoms with Crippen LogP contribution in [0, 0.1) is 0 Å². The molecular formula is C8H11N3. The predicted molar refractivity (Wildman–Crippen MR) is 43.1 cm³/mol. The Hall–Kier alpha value is -1.12. The number of nitrogen functional groups attached to an aromatic ring is 1. The van der Waals surface area contributed by atoms with Crippen molar-refractivity contribution in [2.75, 3.05) is 5.73 Å². The zero-order chi connectivity index (χ0) is 7.68. The molecule has 58 valence electrons. The highest BCUT2D eigenvalue weighted by Gasteiger charge is 2.10. The van der Waals surface area contributed by atoms with Crippen molar-refractivity contribution < 1.29 is 0 Å². The third-order valence-corrected chi connectivity index (χ3v) is 2.03. The molecule has 0 saturated carbocycles. The number of aromatic nitrogens is 2. The van der Waals surface area contributed by atoms with Crippen LogP contribution < -0.4 is 5.73 Å². The number of aryl methyl sites for hydroxylation is 2. The molecule has 2 rings (SSSR count). The second-order valence-electron chi connectivity index (χ2n) is 2.90. The maximum absolute atomic E-state index is 5.51. The van der Waals surface area contributed by atoms with E-state index in [1.807, 2.05) is 0 Å². The first-order valence-corrected chi connectivity index (χ1v) is 3.96. The number of rotatable bonds is 0. The summed E-state index contributed by atoms with van der Waals surface area (Å²) in [6.07, 6.45) is 6.23. The lowest BCUT2D eigenvalue weighted by Crippen LogP contribution is -2.08. The number of hydrogen-bond acceptors (Lipinski definition) is 3. The van der Waals surface area contributed by atoms with E-state index < -0.39 is 0 Å². The van der Waals surface area contributed by atoms with Crippen LogP contribution in [0.2, 0.25) is 0 Å². The number of fused-ring (bicyclic) bond motifs is 1. The minimum Gasteiger partial charge on any atom is -0.382 e. The Morgan fingerprint density at radius 3 is 2.73 bits per heavy atom. The summed E-state index contributed by atoms with van der Waals surface area (Å²) in [5.41, 5.74) is 7.76. The zero-order valence-electron chi connectivity index (χ0n) is 6.38. The van der Waals surface area contributed by atoms with Crippen molar-refractivity contribution in [3.63, 3.8) is 0 Å². The smallest absolute Gasteiger partial charge is 0.142 e. The molecule has 0 unspecified atom stereocenters. The first-order valence-electron chi connectivity index (χ1n) is 3.96. The molecule has 11 heavy (non-hydrogen) atoms. The third-order valence-electron chi connectivity index (χ3n) is 2.03. The van der Waals surface area contributed by atoms with Crippen molar-refractivity contribution in [2.24, 2.45) is 0 Å². The van der Waals surface area contributed by atoms with Crippen LogP contribution in [0.5, 0.6) is 0 Å². The van der Waals surface area contributed by atoms with E-state index in [1.54, 1.807) is 6.20 Å². The van der Waals surface area contributed by atoms with Crippen LogP contribution >= 0.6 is 0 Å². The zero-order valence-corrected chi connectivity index (χ0v) is 6.38. The molecule has 2 N–H and O–H groups in total. The van der Waals surface area contributed by atoms with Crippen molar-refractivity contribution in [2.45, 2.75) is 25.7 Å². The molecule has 0 saturated heterocycles. The van der Waals surface area contributed by atoms with E-state index in [0.29, 0.717) is 5.82 Å². The summed E-state index contributed by atoms with van der Waals surface area (Å²) in [7, 11) is 0. The Kier molecular flexibility index (Phi) is 1.49. The lowest BCUT2D eigenvalue weighted by Gasteiger charge is -2.12. The van der Waals surface area contributed by atoms with E-state index in [1.165, 1.54) is 12.8 Å². The fraction of sp³-hybridized carbons (Fsp3) is 0.500. The molecule has 0 radical (unpaired) electrons. The number of nitrogens with two attached hydrogens (primary N) is 1. The number of hydrogen-bond donors (Lipinski definition) is 1. The van der Waals surface area contributed by atoms with Gasteiger partial charge in [0.1, 0.15) is 5.82 Å². The van der Waals surface area contributed by atoms with Crippen molar-refractivity contribution in [3.05, 3.63) is 17.6 Å². The summed E-state index contributed by atoms with van der Waals surface area (Å²) >= 11 is 0. The van der Waals surface area contributed by atoms with Gasteiger partial charge in [-0.2, -0.15) is 0 Å². The molecule has 0 aromatic carbocycles. The van der Waals surface area contributed by atoms with Gasteiger partial charge in [-0.3, -0.25) is 4.98 Å². The minimum atomic E-state index is 0.547. The molecule has 1 aliphatic carbocycles. The maximum atomic E-state index is 5.51. The Morgan fingerprint density at radius 1 is 1.18 bits per heavy atom. The molecule has 0 aliphatic heterocycles. The van der Waals surface area contributed by atoms with Crippen LogP contribution in [0.4, 0.5) is 5.82 Å². The predicted octanol–water partition coefficient (Wildman–Crippen LogP) is 0.938. The first-order chi connectivity index (χ1) is 5.36. The average Bonchev–Trinajstić information content (AvgIpc) is 2.04. The molecule has 0 bridgehead atoms. The van der Waals surface area contributed by atoms with E-state index in [-0.39, 0.29) is 0 Å². The van der Waals surface area contributed by atoms with Crippen LogP contribution in [0.25, 0.3) is 0 Å². The fourth-order valence-electron chi connectivity index (χ4n) is 1.46. The van der Waals surface area contributed by atoms with Gasteiger partial charge < -0.3 is 5.73 Å². The summed E-state index contributed by atoms with van der Waals surface area (Å²) in [4.78, 5) is 8.46. The molecule has 1 aromatic heterocycles. The largest absolute Gasteiger partial charge is 0.382 e. The Bertz CT molecular complexity index is 270. The highest BCUT2D eigenvalue weighted by molar-refractivity contribution is 5.28. The number of nitrogens with zero attached hydrogens (tertiary/aromatic N) is 2. The second kappa shape index (κ2) is 2.49. The lowest BCUT2D eigenvalue weighted by atomic mass is 10.0. The molecule has 1 heterocycles.